The molecule has 0 amide bonds. The molecule has 0 aromatic heterocycles. The minimum Gasteiger partial charge on any atom is -0.481 e. The van der Waals surface area contributed by atoms with Gasteiger partial charge in [-0.05, 0) is 39.4 Å². The van der Waals surface area contributed by atoms with Crippen LogP contribution in [0.25, 0.3) is 0 Å². The van der Waals surface area contributed by atoms with E-state index in [-0.39, 0.29) is 23.6 Å². The number of hydrogen-bond acceptors (Lipinski definition) is 4. The molecule has 0 radical (unpaired) electrons. The van der Waals surface area contributed by atoms with Crippen molar-refractivity contribution in [2.45, 2.75) is 50.9 Å². The summed E-state index contributed by atoms with van der Waals surface area (Å²) in [7, 11) is 0. The highest BCUT2D eigenvalue weighted by molar-refractivity contribution is 7.99. The lowest BCUT2D eigenvalue weighted by molar-refractivity contribution is -0.160. The molecule has 1 N–H and O–H groups in total. The molecule has 0 aromatic carbocycles. The van der Waals surface area contributed by atoms with Gasteiger partial charge in [0, 0.05) is 5.25 Å². The molecule has 1 aliphatic rings. The van der Waals surface area contributed by atoms with E-state index in [2.05, 4.69) is 0 Å². The Hall–Kier alpha value is -0.710. The van der Waals surface area contributed by atoms with Gasteiger partial charge in [-0.2, -0.15) is 11.8 Å². The number of carboxylic acid groups (broad SMARTS) is 1. The number of carboxylic acids is 1. The van der Waals surface area contributed by atoms with Crippen molar-refractivity contribution in [2.75, 3.05) is 5.75 Å². The normalized spacial score (nSPS) is 25.4. The van der Waals surface area contributed by atoms with Crippen molar-refractivity contribution in [3.63, 3.8) is 0 Å². The fourth-order valence-electron chi connectivity index (χ4n) is 1.82. The number of thioether (sulfide) groups is 1. The SMILES string of the molecule is CC(C)(C)OC(=O)C1CCSC(CC(=O)O)C1. The Morgan fingerprint density at radius 1 is 1.41 bits per heavy atom. The van der Waals surface area contributed by atoms with Crippen LogP contribution < -0.4 is 0 Å². The monoisotopic (exact) mass is 260 g/mol. The van der Waals surface area contributed by atoms with Crippen molar-refractivity contribution in [1.29, 1.82) is 0 Å². The van der Waals surface area contributed by atoms with E-state index in [1.165, 1.54) is 0 Å². The second-order valence-corrected chi connectivity index (χ2v) is 6.75. The zero-order valence-electron chi connectivity index (χ0n) is 10.6. The Morgan fingerprint density at radius 3 is 2.59 bits per heavy atom. The third kappa shape index (κ3) is 5.44. The number of rotatable bonds is 3. The number of ether oxygens (including phenoxy) is 1. The molecule has 1 fully saturated rings. The van der Waals surface area contributed by atoms with Gasteiger partial charge >= 0.3 is 11.9 Å². The average molecular weight is 260 g/mol. The van der Waals surface area contributed by atoms with Gasteiger partial charge in [-0.1, -0.05) is 0 Å². The van der Waals surface area contributed by atoms with Crippen LogP contribution in [-0.4, -0.2) is 33.6 Å². The van der Waals surface area contributed by atoms with Crippen molar-refractivity contribution in [3.05, 3.63) is 0 Å². The first-order chi connectivity index (χ1) is 7.78. The van der Waals surface area contributed by atoms with Crippen molar-refractivity contribution < 1.29 is 19.4 Å². The molecule has 17 heavy (non-hydrogen) atoms. The van der Waals surface area contributed by atoms with Gasteiger partial charge in [0.05, 0.1) is 12.3 Å². The summed E-state index contributed by atoms with van der Waals surface area (Å²) in [6, 6.07) is 0. The van der Waals surface area contributed by atoms with Crippen molar-refractivity contribution in [1.82, 2.24) is 0 Å². The van der Waals surface area contributed by atoms with E-state index in [0.717, 1.165) is 12.2 Å². The van der Waals surface area contributed by atoms with Gasteiger partial charge in [0.25, 0.3) is 0 Å². The summed E-state index contributed by atoms with van der Waals surface area (Å²) in [6.45, 7) is 5.53. The third-order valence-electron chi connectivity index (χ3n) is 2.51. The molecule has 1 rings (SSSR count). The zero-order valence-corrected chi connectivity index (χ0v) is 11.4. The van der Waals surface area contributed by atoms with E-state index in [1.54, 1.807) is 11.8 Å². The molecule has 0 spiro atoms. The minimum absolute atomic E-state index is 0.0405. The van der Waals surface area contributed by atoms with Crippen molar-refractivity contribution >= 4 is 23.7 Å². The zero-order chi connectivity index (χ0) is 13.1. The Morgan fingerprint density at radius 2 is 2.06 bits per heavy atom. The third-order valence-corrected chi connectivity index (χ3v) is 3.81. The molecule has 0 bridgehead atoms. The van der Waals surface area contributed by atoms with Crippen LogP contribution in [0.2, 0.25) is 0 Å². The maximum atomic E-state index is 11.9. The second kappa shape index (κ2) is 5.76. The van der Waals surface area contributed by atoms with Gasteiger partial charge in [-0.25, -0.2) is 0 Å². The van der Waals surface area contributed by atoms with Crippen molar-refractivity contribution in [3.8, 4) is 0 Å². The summed E-state index contributed by atoms with van der Waals surface area (Å²) in [5, 5.41) is 8.79. The molecular formula is C12H20O4S. The highest BCUT2D eigenvalue weighted by Gasteiger charge is 2.31. The quantitative estimate of drug-likeness (QED) is 0.789. The second-order valence-electron chi connectivity index (χ2n) is 5.35. The van der Waals surface area contributed by atoms with Crippen LogP contribution in [-0.2, 0) is 14.3 Å². The number of carbonyl (C=O) groups is 2. The largest absolute Gasteiger partial charge is 0.481 e. The number of carbonyl (C=O) groups excluding carboxylic acids is 1. The van der Waals surface area contributed by atoms with Gasteiger partial charge in [-0.15, -0.1) is 0 Å². The summed E-state index contributed by atoms with van der Waals surface area (Å²) in [5.74, 6) is -0.289. The molecule has 1 heterocycles. The molecule has 0 saturated carbocycles. The Balaban J connectivity index is 2.49. The van der Waals surface area contributed by atoms with Crippen LogP contribution in [0.15, 0.2) is 0 Å². The molecule has 2 atom stereocenters. The first-order valence-electron chi connectivity index (χ1n) is 5.84. The van der Waals surface area contributed by atoms with Gasteiger partial charge in [0.1, 0.15) is 5.60 Å². The minimum atomic E-state index is -0.799. The van der Waals surface area contributed by atoms with Crippen LogP contribution >= 0.6 is 11.8 Å². The molecule has 4 nitrogen and oxygen atoms in total. The van der Waals surface area contributed by atoms with E-state index in [4.69, 9.17) is 9.84 Å². The van der Waals surface area contributed by atoms with E-state index < -0.39 is 11.6 Å². The molecule has 98 valence electrons. The molecule has 1 saturated heterocycles. The summed E-state index contributed by atoms with van der Waals surface area (Å²) >= 11 is 1.64. The van der Waals surface area contributed by atoms with Gasteiger partial charge in [0.15, 0.2) is 0 Å². The Bertz CT molecular complexity index is 295. The molecule has 5 heteroatoms. The maximum Gasteiger partial charge on any atom is 0.309 e. The van der Waals surface area contributed by atoms with Crippen LogP contribution in [0.5, 0.6) is 0 Å². The van der Waals surface area contributed by atoms with Crippen LogP contribution in [0.1, 0.15) is 40.0 Å². The molecule has 0 aliphatic carbocycles. The van der Waals surface area contributed by atoms with Gasteiger partial charge < -0.3 is 9.84 Å². The first kappa shape index (κ1) is 14.4. The van der Waals surface area contributed by atoms with E-state index in [1.807, 2.05) is 20.8 Å². The summed E-state index contributed by atoms with van der Waals surface area (Å²) in [6.07, 6.45) is 1.53. The Labute approximate surface area is 106 Å². The van der Waals surface area contributed by atoms with Gasteiger partial charge in [0.2, 0.25) is 0 Å². The summed E-state index contributed by atoms with van der Waals surface area (Å²) in [4.78, 5) is 22.5. The number of aliphatic carboxylic acids is 1. The lowest BCUT2D eigenvalue weighted by Crippen LogP contribution is -2.33. The average Bonchev–Trinajstić information content (AvgIpc) is 2.14. The standard InChI is InChI=1S/C12H20O4S/c1-12(2,3)16-11(15)8-4-5-17-9(6-8)7-10(13)14/h8-9H,4-7H2,1-3H3,(H,13,14). The lowest BCUT2D eigenvalue weighted by atomic mass is 9.98. The van der Waals surface area contributed by atoms with Crippen LogP contribution in [0.4, 0.5) is 0 Å². The van der Waals surface area contributed by atoms with E-state index in [0.29, 0.717) is 6.42 Å². The van der Waals surface area contributed by atoms with Crippen LogP contribution in [0, 0.1) is 5.92 Å². The van der Waals surface area contributed by atoms with Crippen LogP contribution in [0.3, 0.4) is 0 Å². The van der Waals surface area contributed by atoms with E-state index >= 15 is 0 Å². The first-order valence-corrected chi connectivity index (χ1v) is 6.89. The van der Waals surface area contributed by atoms with Gasteiger partial charge in [-0.3, -0.25) is 9.59 Å². The Kier molecular flexibility index (Phi) is 4.86. The summed E-state index contributed by atoms with van der Waals surface area (Å²) < 4.78 is 5.33. The highest BCUT2D eigenvalue weighted by Crippen LogP contribution is 2.33. The summed E-state index contributed by atoms with van der Waals surface area (Å²) in [5.41, 5.74) is -0.468. The topological polar surface area (TPSA) is 63.6 Å². The molecular weight excluding hydrogens is 240 g/mol. The predicted octanol–water partition coefficient (Wildman–Crippen LogP) is 2.31. The smallest absolute Gasteiger partial charge is 0.309 e. The number of hydrogen-bond donors (Lipinski definition) is 1. The predicted molar refractivity (Wildman–Crippen MR) is 67.1 cm³/mol. The maximum absolute atomic E-state index is 11.9. The lowest BCUT2D eigenvalue weighted by Gasteiger charge is -2.29. The highest BCUT2D eigenvalue weighted by atomic mass is 32.2. The molecule has 2 unspecified atom stereocenters. The van der Waals surface area contributed by atoms with E-state index in [9.17, 15) is 9.59 Å². The molecule has 1 aliphatic heterocycles. The number of esters is 1. The van der Waals surface area contributed by atoms with Crippen molar-refractivity contribution in [2.24, 2.45) is 5.92 Å². The fraction of sp³-hybridized carbons (Fsp3) is 0.833. The molecule has 0 aromatic rings. The fourth-order valence-corrected chi connectivity index (χ4v) is 3.20.